The molecule has 0 spiro atoms. The number of nitrogens with zero attached hydrogens (tertiary/aromatic N) is 1. The highest BCUT2D eigenvalue weighted by atomic mass is 79.9. The Balaban J connectivity index is 1.74. The van der Waals surface area contributed by atoms with Crippen LogP contribution in [0.3, 0.4) is 0 Å². The third kappa shape index (κ3) is 6.82. The summed E-state index contributed by atoms with van der Waals surface area (Å²) >= 11 is 7.29. The third-order valence-electron chi connectivity index (χ3n) is 5.44. The van der Waals surface area contributed by atoms with E-state index in [1.165, 1.54) is 5.56 Å². The molecule has 170 valence electrons. The number of halogens is 2. The van der Waals surface area contributed by atoms with Gasteiger partial charge in [0.05, 0.1) is 27.4 Å². The van der Waals surface area contributed by atoms with Crippen LogP contribution in [0.4, 0.5) is 0 Å². The summed E-state index contributed by atoms with van der Waals surface area (Å²) in [6, 6.07) is 22.9. The van der Waals surface area contributed by atoms with Gasteiger partial charge in [-0.2, -0.15) is 0 Å². The lowest BCUT2D eigenvalue weighted by Gasteiger charge is -2.29. The van der Waals surface area contributed by atoms with Gasteiger partial charge < -0.3 is 14.2 Å². The van der Waals surface area contributed by atoms with Crippen molar-refractivity contribution in [2.75, 3.05) is 27.9 Å². The molecule has 0 amide bonds. The van der Waals surface area contributed by atoms with Gasteiger partial charge in [0.2, 0.25) is 0 Å². The summed E-state index contributed by atoms with van der Waals surface area (Å²) in [4.78, 5) is 2.33. The van der Waals surface area contributed by atoms with E-state index in [0.29, 0.717) is 19.0 Å². The molecule has 0 bridgehead atoms. The van der Waals surface area contributed by atoms with Crippen LogP contribution in [0.5, 0.6) is 11.5 Å². The first-order chi connectivity index (χ1) is 15.5. The molecule has 0 aliphatic rings. The SMILES string of the molecule is COc1cc(Br)c(CN(C)C(COCc2ccccc2Br)Cc2ccccc2)cc1OC. The van der Waals surface area contributed by atoms with Gasteiger partial charge in [-0.05, 0) is 48.4 Å². The highest BCUT2D eigenvalue weighted by Crippen LogP contribution is 2.34. The number of hydrogen-bond acceptors (Lipinski definition) is 4. The fourth-order valence-electron chi connectivity index (χ4n) is 3.56. The van der Waals surface area contributed by atoms with Crippen molar-refractivity contribution in [2.45, 2.75) is 25.6 Å². The summed E-state index contributed by atoms with van der Waals surface area (Å²) in [5.41, 5.74) is 3.57. The zero-order valence-electron chi connectivity index (χ0n) is 18.7. The van der Waals surface area contributed by atoms with Gasteiger partial charge in [-0.3, -0.25) is 4.90 Å². The number of hydrogen-bond donors (Lipinski definition) is 0. The molecule has 0 N–H and O–H groups in total. The van der Waals surface area contributed by atoms with Crippen LogP contribution >= 0.6 is 31.9 Å². The Kier molecular flexibility index (Phi) is 9.60. The molecule has 3 aromatic carbocycles. The number of methoxy groups -OCH3 is 2. The van der Waals surface area contributed by atoms with Crippen LogP contribution in [0.1, 0.15) is 16.7 Å². The molecular formula is C26H29Br2NO3. The molecule has 0 saturated carbocycles. The molecule has 3 aromatic rings. The largest absolute Gasteiger partial charge is 0.493 e. The van der Waals surface area contributed by atoms with E-state index in [4.69, 9.17) is 14.2 Å². The van der Waals surface area contributed by atoms with Crippen LogP contribution in [0.2, 0.25) is 0 Å². The minimum absolute atomic E-state index is 0.208. The van der Waals surface area contributed by atoms with Gasteiger partial charge in [0.25, 0.3) is 0 Å². The van der Waals surface area contributed by atoms with Crippen molar-refractivity contribution in [3.63, 3.8) is 0 Å². The lowest BCUT2D eigenvalue weighted by atomic mass is 10.0. The van der Waals surface area contributed by atoms with Crippen molar-refractivity contribution in [2.24, 2.45) is 0 Å². The number of likely N-dealkylation sites (N-methyl/N-ethyl adjacent to an activating group) is 1. The van der Waals surface area contributed by atoms with Crippen LogP contribution in [0, 0.1) is 0 Å². The van der Waals surface area contributed by atoms with Gasteiger partial charge >= 0.3 is 0 Å². The van der Waals surface area contributed by atoms with Gasteiger partial charge in [0.15, 0.2) is 11.5 Å². The Morgan fingerprint density at radius 3 is 2.16 bits per heavy atom. The maximum absolute atomic E-state index is 6.18. The minimum atomic E-state index is 0.208. The molecule has 6 heteroatoms. The molecule has 0 fully saturated rings. The second kappa shape index (κ2) is 12.4. The molecule has 3 rings (SSSR count). The zero-order chi connectivity index (χ0) is 22.9. The summed E-state index contributed by atoms with van der Waals surface area (Å²) in [5.74, 6) is 1.44. The second-order valence-corrected chi connectivity index (χ2v) is 9.37. The predicted molar refractivity (Wildman–Crippen MR) is 136 cm³/mol. The molecule has 0 heterocycles. The molecule has 0 aliphatic heterocycles. The monoisotopic (exact) mass is 561 g/mol. The summed E-state index contributed by atoms with van der Waals surface area (Å²) < 4.78 is 19.2. The maximum Gasteiger partial charge on any atom is 0.161 e. The zero-order valence-corrected chi connectivity index (χ0v) is 21.9. The standard InChI is InChI=1S/C26H29Br2NO3/c1-29(16-21-14-25(30-2)26(31-3)15-24(21)28)22(13-19-9-5-4-6-10-19)18-32-17-20-11-7-8-12-23(20)27/h4-12,14-15,22H,13,16-18H2,1-3H3. The normalized spacial score (nSPS) is 12.1. The van der Waals surface area contributed by atoms with Crippen molar-refractivity contribution in [3.8, 4) is 11.5 Å². The van der Waals surface area contributed by atoms with Gasteiger partial charge in [-0.1, -0.05) is 80.4 Å². The van der Waals surface area contributed by atoms with Gasteiger partial charge in [0.1, 0.15) is 0 Å². The maximum atomic E-state index is 6.18. The van der Waals surface area contributed by atoms with Crippen LogP contribution in [-0.4, -0.2) is 38.8 Å². The van der Waals surface area contributed by atoms with E-state index >= 15 is 0 Å². The number of benzene rings is 3. The van der Waals surface area contributed by atoms with Crippen molar-refractivity contribution < 1.29 is 14.2 Å². The first-order valence-electron chi connectivity index (χ1n) is 10.5. The lowest BCUT2D eigenvalue weighted by molar-refractivity contribution is 0.0571. The summed E-state index contributed by atoms with van der Waals surface area (Å²) in [6.07, 6.45) is 0.901. The van der Waals surface area contributed by atoms with E-state index in [2.05, 4.69) is 74.1 Å². The van der Waals surface area contributed by atoms with E-state index in [1.54, 1.807) is 14.2 Å². The molecule has 4 nitrogen and oxygen atoms in total. The average molecular weight is 563 g/mol. The molecular weight excluding hydrogens is 534 g/mol. The van der Waals surface area contributed by atoms with Crippen LogP contribution in [0.25, 0.3) is 0 Å². The van der Waals surface area contributed by atoms with Crippen molar-refractivity contribution >= 4 is 31.9 Å². The minimum Gasteiger partial charge on any atom is -0.493 e. The van der Waals surface area contributed by atoms with E-state index in [9.17, 15) is 0 Å². The molecule has 0 radical (unpaired) electrons. The lowest BCUT2D eigenvalue weighted by Crippen LogP contribution is -2.37. The topological polar surface area (TPSA) is 30.9 Å². The van der Waals surface area contributed by atoms with Gasteiger partial charge in [-0.25, -0.2) is 0 Å². The number of rotatable bonds is 11. The van der Waals surface area contributed by atoms with Crippen LogP contribution in [-0.2, 0) is 24.3 Å². The molecule has 0 saturated heterocycles. The van der Waals surface area contributed by atoms with Crippen molar-refractivity contribution in [1.29, 1.82) is 0 Å². The molecule has 1 atom stereocenters. The Morgan fingerprint density at radius 2 is 1.47 bits per heavy atom. The quantitative estimate of drug-likeness (QED) is 0.267. The highest BCUT2D eigenvalue weighted by Gasteiger charge is 2.19. The summed E-state index contributed by atoms with van der Waals surface area (Å²) in [6.45, 7) is 1.94. The molecule has 0 aliphatic carbocycles. The first-order valence-corrected chi connectivity index (χ1v) is 12.1. The predicted octanol–water partition coefficient (Wildman–Crippen LogP) is 6.49. The Labute approximate surface area is 207 Å². The molecule has 0 aromatic heterocycles. The smallest absolute Gasteiger partial charge is 0.161 e. The van der Waals surface area contributed by atoms with Gasteiger partial charge in [0, 0.05) is 21.5 Å². The second-order valence-electron chi connectivity index (χ2n) is 7.66. The highest BCUT2D eigenvalue weighted by molar-refractivity contribution is 9.10. The Morgan fingerprint density at radius 1 is 0.812 bits per heavy atom. The van der Waals surface area contributed by atoms with Crippen LogP contribution in [0.15, 0.2) is 75.7 Å². The van der Waals surface area contributed by atoms with Gasteiger partial charge in [-0.15, -0.1) is 0 Å². The Hall–Kier alpha value is -1.86. The van der Waals surface area contributed by atoms with Crippen LogP contribution < -0.4 is 9.47 Å². The summed E-state index contributed by atoms with van der Waals surface area (Å²) in [5, 5.41) is 0. The average Bonchev–Trinajstić information content (AvgIpc) is 2.81. The fourth-order valence-corrected chi connectivity index (χ4v) is 4.41. The Bertz CT molecular complexity index is 998. The molecule has 32 heavy (non-hydrogen) atoms. The van der Waals surface area contributed by atoms with E-state index in [-0.39, 0.29) is 6.04 Å². The third-order valence-corrected chi connectivity index (χ3v) is 6.95. The fraction of sp³-hybridized carbons (Fsp3) is 0.308. The van der Waals surface area contributed by atoms with Crippen molar-refractivity contribution in [3.05, 3.63) is 92.4 Å². The van der Waals surface area contributed by atoms with E-state index in [1.807, 2.05) is 36.4 Å². The van der Waals surface area contributed by atoms with E-state index < -0.39 is 0 Å². The molecule has 1 unspecified atom stereocenters. The first kappa shape index (κ1) is 24.8. The van der Waals surface area contributed by atoms with E-state index in [0.717, 1.165) is 38.8 Å². The number of ether oxygens (including phenoxy) is 3. The summed E-state index contributed by atoms with van der Waals surface area (Å²) in [7, 11) is 5.44. The van der Waals surface area contributed by atoms with Crippen molar-refractivity contribution in [1.82, 2.24) is 4.90 Å².